The van der Waals surface area contributed by atoms with Crippen LogP contribution >= 0.6 is 0 Å². The minimum atomic E-state index is -1.20. The molecule has 0 aliphatic heterocycles. The van der Waals surface area contributed by atoms with Crippen molar-refractivity contribution in [2.75, 3.05) is 12.8 Å². The third-order valence-corrected chi connectivity index (χ3v) is 4.19. The first kappa shape index (κ1) is 20.6. The molecule has 1 aromatic carbocycles. The summed E-state index contributed by atoms with van der Waals surface area (Å²) in [5.41, 5.74) is 6.01. The molecule has 1 unspecified atom stereocenters. The van der Waals surface area contributed by atoms with Crippen LogP contribution < -0.4 is 5.73 Å². The molecular formula is C18H19N3O7. The minimum Gasteiger partial charge on any atom is -0.465 e. The van der Waals surface area contributed by atoms with Gasteiger partial charge in [0.2, 0.25) is 5.78 Å². The molecule has 0 fully saturated rings. The maximum absolute atomic E-state index is 12.6. The minimum absolute atomic E-state index is 0.0986. The quantitative estimate of drug-likeness (QED) is 0.251. The molecule has 148 valence electrons. The van der Waals surface area contributed by atoms with Crippen LogP contribution in [-0.2, 0) is 9.47 Å². The molecule has 0 aliphatic rings. The van der Waals surface area contributed by atoms with E-state index in [0.29, 0.717) is 11.3 Å². The Labute approximate surface area is 159 Å². The Morgan fingerprint density at radius 1 is 1.21 bits per heavy atom. The first-order valence-corrected chi connectivity index (χ1v) is 8.15. The molecule has 1 aromatic heterocycles. The summed E-state index contributed by atoms with van der Waals surface area (Å²) in [5, 5.41) is 10.9. The van der Waals surface area contributed by atoms with Crippen molar-refractivity contribution < 1.29 is 28.8 Å². The van der Waals surface area contributed by atoms with Crippen LogP contribution in [0, 0.1) is 24.0 Å². The summed E-state index contributed by atoms with van der Waals surface area (Å²) in [5.74, 6) is -2.07. The predicted octanol–water partition coefficient (Wildman–Crippen LogP) is 2.34. The van der Waals surface area contributed by atoms with Crippen LogP contribution in [0.15, 0.2) is 18.2 Å². The monoisotopic (exact) mass is 389 g/mol. The molecule has 1 atom stereocenters. The number of nitrogens with one attached hydrogen (secondary N) is 1. The number of nitro groups is 1. The molecule has 0 amide bonds. The summed E-state index contributed by atoms with van der Waals surface area (Å²) in [6.45, 7) is 4.54. The van der Waals surface area contributed by atoms with Gasteiger partial charge in [0.05, 0.1) is 28.9 Å². The Balaban J connectivity index is 2.24. The van der Waals surface area contributed by atoms with Gasteiger partial charge >= 0.3 is 11.9 Å². The van der Waals surface area contributed by atoms with E-state index in [4.69, 9.17) is 15.2 Å². The zero-order valence-corrected chi connectivity index (χ0v) is 15.7. The highest BCUT2D eigenvalue weighted by atomic mass is 16.6. The number of nitrogens with zero attached hydrogens (tertiary/aromatic N) is 1. The molecule has 0 radical (unpaired) electrons. The van der Waals surface area contributed by atoms with Gasteiger partial charge in [0.1, 0.15) is 5.69 Å². The molecule has 2 aromatic rings. The van der Waals surface area contributed by atoms with Gasteiger partial charge in [0.25, 0.3) is 5.69 Å². The number of ether oxygens (including phenoxy) is 2. The molecule has 0 bridgehead atoms. The van der Waals surface area contributed by atoms with Crippen LogP contribution in [0.3, 0.4) is 0 Å². The van der Waals surface area contributed by atoms with Crippen LogP contribution in [0.25, 0.3) is 0 Å². The third-order valence-electron chi connectivity index (χ3n) is 4.19. The topological polar surface area (TPSA) is 155 Å². The largest absolute Gasteiger partial charge is 0.465 e. The summed E-state index contributed by atoms with van der Waals surface area (Å²) in [7, 11) is 1.23. The number of aromatic amines is 1. The van der Waals surface area contributed by atoms with Crippen molar-refractivity contribution in [2.24, 2.45) is 0 Å². The van der Waals surface area contributed by atoms with Gasteiger partial charge in [-0.2, -0.15) is 0 Å². The molecule has 28 heavy (non-hydrogen) atoms. The number of rotatable bonds is 6. The number of nitro benzene ring substituents is 1. The lowest BCUT2D eigenvalue weighted by atomic mass is 10.1. The van der Waals surface area contributed by atoms with Crippen LogP contribution in [0.2, 0.25) is 0 Å². The second-order valence-electron chi connectivity index (χ2n) is 6.06. The average molecular weight is 389 g/mol. The lowest BCUT2D eigenvalue weighted by Crippen LogP contribution is -2.25. The predicted molar refractivity (Wildman–Crippen MR) is 98.3 cm³/mol. The van der Waals surface area contributed by atoms with Crippen molar-refractivity contribution >= 4 is 29.1 Å². The Kier molecular flexibility index (Phi) is 5.82. The van der Waals surface area contributed by atoms with E-state index >= 15 is 0 Å². The van der Waals surface area contributed by atoms with Gasteiger partial charge in [-0.05, 0) is 38.5 Å². The molecule has 2 rings (SSSR count). The number of hydrogen-bond acceptors (Lipinski definition) is 8. The molecule has 0 saturated carbocycles. The van der Waals surface area contributed by atoms with Crippen LogP contribution in [-0.4, -0.2) is 40.8 Å². The third kappa shape index (κ3) is 3.85. The van der Waals surface area contributed by atoms with Crippen molar-refractivity contribution in [3.63, 3.8) is 0 Å². The number of nitrogens with two attached hydrogens (primary N) is 1. The number of ketones is 1. The molecule has 1 heterocycles. The number of esters is 2. The normalized spacial score (nSPS) is 11.6. The summed E-state index contributed by atoms with van der Waals surface area (Å²) < 4.78 is 9.82. The number of benzene rings is 1. The van der Waals surface area contributed by atoms with Crippen LogP contribution in [0.4, 0.5) is 11.4 Å². The van der Waals surface area contributed by atoms with Gasteiger partial charge in [0, 0.05) is 11.8 Å². The highest BCUT2D eigenvalue weighted by Gasteiger charge is 2.28. The number of Topliss-reactive ketones (excluding diaryl/α,β-unsaturated/α-hetero) is 1. The Bertz CT molecular complexity index is 978. The summed E-state index contributed by atoms with van der Waals surface area (Å²) in [6, 6.07) is 3.46. The number of methoxy groups -OCH3 is 1. The first-order chi connectivity index (χ1) is 13.1. The number of hydrogen-bond donors (Lipinski definition) is 2. The number of anilines is 1. The van der Waals surface area contributed by atoms with Crippen molar-refractivity contribution in [2.45, 2.75) is 26.9 Å². The molecule has 0 saturated heterocycles. The number of aryl methyl sites for hydroxylation is 1. The number of H-pyrrole nitrogens is 1. The van der Waals surface area contributed by atoms with E-state index in [9.17, 15) is 24.5 Å². The fraction of sp³-hybridized carbons (Fsp3) is 0.278. The second kappa shape index (κ2) is 7.91. The summed E-state index contributed by atoms with van der Waals surface area (Å²) >= 11 is 0. The van der Waals surface area contributed by atoms with E-state index < -0.39 is 34.4 Å². The van der Waals surface area contributed by atoms with E-state index in [0.717, 1.165) is 6.07 Å². The molecule has 0 aliphatic carbocycles. The number of nitrogen functional groups attached to an aromatic ring is 1. The van der Waals surface area contributed by atoms with Gasteiger partial charge < -0.3 is 20.2 Å². The fourth-order valence-electron chi connectivity index (χ4n) is 2.72. The molecule has 10 heteroatoms. The summed E-state index contributed by atoms with van der Waals surface area (Å²) in [4.78, 5) is 49.8. The van der Waals surface area contributed by atoms with Crippen molar-refractivity contribution in [3.05, 3.63) is 56.4 Å². The first-order valence-electron chi connectivity index (χ1n) is 8.15. The van der Waals surface area contributed by atoms with Gasteiger partial charge in [-0.1, -0.05) is 0 Å². The Morgan fingerprint density at radius 2 is 1.86 bits per heavy atom. The lowest BCUT2D eigenvalue weighted by Gasteiger charge is -2.12. The Hall–Kier alpha value is -3.69. The van der Waals surface area contributed by atoms with E-state index in [1.165, 1.54) is 26.2 Å². The van der Waals surface area contributed by atoms with Gasteiger partial charge in [-0.15, -0.1) is 0 Å². The van der Waals surface area contributed by atoms with Crippen LogP contribution in [0.1, 0.15) is 49.4 Å². The fourth-order valence-corrected chi connectivity index (χ4v) is 2.72. The second-order valence-corrected chi connectivity index (χ2v) is 6.06. The molecular weight excluding hydrogens is 370 g/mol. The number of aromatic nitrogens is 1. The highest BCUT2D eigenvalue weighted by Crippen LogP contribution is 2.24. The zero-order chi connectivity index (χ0) is 21.2. The van der Waals surface area contributed by atoms with E-state index in [-0.39, 0.29) is 22.5 Å². The van der Waals surface area contributed by atoms with E-state index in [1.807, 2.05) is 0 Å². The van der Waals surface area contributed by atoms with E-state index in [1.54, 1.807) is 13.8 Å². The molecule has 0 spiro atoms. The standard InChI is InChI=1S/C18H19N3O7/c1-8-14(18(24)27-4)9(2)20-15(8)16(22)10(3)28-17(23)11-5-6-12(19)13(7-11)21(25)26/h5-7,10,20H,19H2,1-4H3. The molecule has 10 nitrogen and oxygen atoms in total. The Morgan fingerprint density at radius 3 is 2.43 bits per heavy atom. The average Bonchev–Trinajstić information content (AvgIpc) is 2.94. The van der Waals surface area contributed by atoms with Crippen molar-refractivity contribution in [1.29, 1.82) is 0 Å². The lowest BCUT2D eigenvalue weighted by molar-refractivity contribution is -0.383. The van der Waals surface area contributed by atoms with Crippen molar-refractivity contribution in [1.82, 2.24) is 4.98 Å². The SMILES string of the molecule is COC(=O)c1c(C)[nH]c(C(=O)C(C)OC(=O)c2ccc(N)c([N+](=O)[O-])c2)c1C. The smallest absolute Gasteiger partial charge is 0.339 e. The zero-order valence-electron chi connectivity index (χ0n) is 15.7. The van der Waals surface area contributed by atoms with Gasteiger partial charge in [-0.3, -0.25) is 14.9 Å². The van der Waals surface area contributed by atoms with Gasteiger partial charge in [0.15, 0.2) is 6.10 Å². The van der Waals surface area contributed by atoms with Crippen molar-refractivity contribution in [3.8, 4) is 0 Å². The molecule has 3 N–H and O–H groups in total. The highest BCUT2D eigenvalue weighted by molar-refractivity contribution is 6.04. The van der Waals surface area contributed by atoms with Crippen LogP contribution in [0.5, 0.6) is 0 Å². The maximum Gasteiger partial charge on any atom is 0.339 e. The summed E-state index contributed by atoms with van der Waals surface area (Å²) in [6.07, 6.45) is -1.20. The number of carbonyl (C=O) groups excluding carboxylic acids is 3. The van der Waals surface area contributed by atoms with E-state index in [2.05, 4.69) is 4.98 Å². The maximum atomic E-state index is 12.6. The van der Waals surface area contributed by atoms with Gasteiger partial charge in [-0.25, -0.2) is 9.59 Å². The number of carbonyl (C=O) groups is 3.